The minimum absolute atomic E-state index is 0.242. The van der Waals surface area contributed by atoms with Crippen LogP contribution in [0.3, 0.4) is 0 Å². The number of hydrogen-bond donors (Lipinski definition) is 0. The molecule has 0 aromatic heterocycles. The zero-order valence-corrected chi connectivity index (χ0v) is 7.20. The fourth-order valence-corrected chi connectivity index (χ4v) is 0.448. The van der Waals surface area contributed by atoms with Crippen molar-refractivity contribution in [1.29, 1.82) is 0 Å². The summed E-state index contributed by atoms with van der Waals surface area (Å²) < 4.78 is 4.80. The van der Waals surface area contributed by atoms with Crippen LogP contribution in [0.4, 0.5) is 0 Å². The molecule has 0 radical (unpaired) electrons. The van der Waals surface area contributed by atoms with Gasteiger partial charge in [-0.15, -0.1) is 0 Å². The van der Waals surface area contributed by atoms with Crippen LogP contribution in [-0.2, 0) is 9.53 Å². The van der Waals surface area contributed by atoms with Crippen molar-refractivity contribution in [2.75, 3.05) is 6.61 Å². The monoisotopic (exact) mass is 212 g/mol. The Morgan fingerprint density at radius 3 is 2.78 bits per heavy atom. The quantitative estimate of drug-likeness (QED) is 0.518. The van der Waals surface area contributed by atoms with Gasteiger partial charge in [-0.3, -0.25) is 0 Å². The predicted molar refractivity (Wildman–Crippen MR) is 39.5 cm³/mol. The second kappa shape index (κ2) is 4.82. The number of halogens is 2. The fraction of sp³-hybridized carbons (Fsp3) is 0.400. The molecular weight excluding hydrogens is 207 g/mol. The van der Waals surface area contributed by atoms with Crippen LogP contribution >= 0.6 is 27.5 Å². The summed E-state index contributed by atoms with van der Waals surface area (Å²) in [5.41, 5.74) is 1.12. The molecule has 0 saturated carbocycles. The molecule has 0 N–H and O–H groups in total. The average Bonchev–Trinajstić information content (AvgIpc) is 1.87. The highest BCUT2D eigenvalue weighted by Crippen LogP contribution is 2.07. The molecule has 0 aromatic carbocycles. The van der Waals surface area contributed by atoms with Gasteiger partial charge in [0, 0.05) is 5.54 Å². The predicted octanol–water partition coefficient (Wildman–Crippen LogP) is 2.02. The van der Waals surface area contributed by atoms with Gasteiger partial charge < -0.3 is 4.74 Å². The Kier molecular flexibility index (Phi) is 4.81. The Balaban J connectivity index is 3.74. The molecule has 0 heterocycles. The summed E-state index contributed by atoms with van der Waals surface area (Å²) in [7, 11) is 0. The third-order valence-corrected chi connectivity index (χ3v) is 1.60. The van der Waals surface area contributed by atoms with Gasteiger partial charge in [0.25, 0.3) is 0 Å². The van der Waals surface area contributed by atoms with Crippen LogP contribution in [0.1, 0.15) is 6.92 Å². The third-order valence-electron chi connectivity index (χ3n) is 0.566. The molecule has 0 atom stereocenters. The van der Waals surface area contributed by atoms with Crippen molar-refractivity contribution in [3.05, 3.63) is 10.0 Å². The zero-order chi connectivity index (χ0) is 7.28. The number of rotatable bonds is 2. The molecule has 0 spiro atoms. The first kappa shape index (κ1) is 8.98. The first-order chi connectivity index (χ1) is 4.22. The Labute approximate surface area is 67.0 Å². The second-order valence-corrected chi connectivity index (χ2v) is 2.25. The highest BCUT2D eigenvalue weighted by Gasteiger charge is 2.03. The summed E-state index contributed by atoms with van der Waals surface area (Å²) in [5.74, 6) is -0.437. The SMILES string of the molecule is CCOC(=O)/C(Br)=C/Cl. The minimum Gasteiger partial charge on any atom is -0.462 e. The van der Waals surface area contributed by atoms with Crippen LogP contribution in [0.2, 0.25) is 0 Å². The maximum atomic E-state index is 10.6. The lowest BCUT2D eigenvalue weighted by molar-refractivity contribution is -0.137. The second-order valence-electron chi connectivity index (χ2n) is 1.18. The Hall–Kier alpha value is -0.0200. The molecule has 0 unspecified atom stereocenters. The summed E-state index contributed by atoms with van der Waals surface area (Å²) >= 11 is 8.07. The van der Waals surface area contributed by atoms with Crippen LogP contribution in [0, 0.1) is 0 Å². The fourth-order valence-electron chi connectivity index (χ4n) is 0.245. The van der Waals surface area contributed by atoms with Crippen molar-refractivity contribution in [3.63, 3.8) is 0 Å². The lowest BCUT2D eigenvalue weighted by atomic mass is 10.6. The minimum atomic E-state index is -0.437. The van der Waals surface area contributed by atoms with Crippen molar-refractivity contribution < 1.29 is 9.53 Å². The van der Waals surface area contributed by atoms with Gasteiger partial charge in [0.1, 0.15) is 4.48 Å². The summed E-state index contributed by atoms with van der Waals surface area (Å²) in [6.07, 6.45) is 0. The third kappa shape index (κ3) is 3.54. The molecule has 4 heteroatoms. The topological polar surface area (TPSA) is 26.3 Å². The van der Waals surface area contributed by atoms with Crippen molar-refractivity contribution in [2.24, 2.45) is 0 Å². The van der Waals surface area contributed by atoms with Gasteiger partial charge in [-0.25, -0.2) is 4.79 Å². The van der Waals surface area contributed by atoms with E-state index in [1.165, 1.54) is 0 Å². The van der Waals surface area contributed by atoms with Crippen LogP contribution in [-0.4, -0.2) is 12.6 Å². The maximum Gasteiger partial charge on any atom is 0.346 e. The average molecular weight is 213 g/mol. The lowest BCUT2D eigenvalue weighted by Crippen LogP contribution is -2.02. The molecular formula is C5H6BrClO2. The van der Waals surface area contributed by atoms with Gasteiger partial charge >= 0.3 is 5.97 Å². The first-order valence-corrected chi connectivity index (χ1v) is 3.58. The Morgan fingerprint density at radius 1 is 1.89 bits per heavy atom. The Bertz CT molecular complexity index is 133. The molecule has 0 fully saturated rings. The molecule has 52 valence electrons. The number of hydrogen-bond acceptors (Lipinski definition) is 2. The maximum absolute atomic E-state index is 10.6. The summed E-state index contributed by atoms with van der Waals surface area (Å²) in [4.78, 5) is 10.6. The summed E-state index contributed by atoms with van der Waals surface area (Å²) in [5, 5.41) is 0. The smallest absolute Gasteiger partial charge is 0.346 e. The van der Waals surface area contributed by atoms with E-state index >= 15 is 0 Å². The van der Waals surface area contributed by atoms with E-state index in [2.05, 4.69) is 20.7 Å². The number of esters is 1. The normalized spacial score (nSPS) is 11.2. The van der Waals surface area contributed by atoms with Gasteiger partial charge in [-0.05, 0) is 22.9 Å². The molecule has 0 aliphatic carbocycles. The highest BCUT2D eigenvalue weighted by atomic mass is 79.9. The Morgan fingerprint density at radius 2 is 2.44 bits per heavy atom. The standard InChI is InChI=1S/C5H6BrClO2/c1-2-9-5(8)4(6)3-7/h3H,2H2,1H3/b4-3-. The largest absolute Gasteiger partial charge is 0.462 e. The van der Waals surface area contributed by atoms with Gasteiger partial charge in [-0.2, -0.15) is 0 Å². The first-order valence-electron chi connectivity index (χ1n) is 2.35. The van der Waals surface area contributed by atoms with Crippen LogP contribution in [0.25, 0.3) is 0 Å². The van der Waals surface area contributed by atoms with Gasteiger partial charge in [0.2, 0.25) is 0 Å². The molecule has 0 amide bonds. The van der Waals surface area contributed by atoms with Crippen molar-refractivity contribution in [3.8, 4) is 0 Å². The van der Waals surface area contributed by atoms with Crippen molar-refractivity contribution >= 4 is 33.5 Å². The molecule has 2 nitrogen and oxygen atoms in total. The molecule has 0 aromatic rings. The van der Waals surface area contributed by atoms with Crippen molar-refractivity contribution in [1.82, 2.24) is 0 Å². The number of carbonyl (C=O) groups is 1. The van der Waals surface area contributed by atoms with Crippen LogP contribution in [0.5, 0.6) is 0 Å². The molecule has 0 bridgehead atoms. The van der Waals surface area contributed by atoms with Crippen molar-refractivity contribution in [2.45, 2.75) is 6.92 Å². The number of ether oxygens (including phenoxy) is 1. The van der Waals surface area contributed by atoms with E-state index in [1.54, 1.807) is 6.92 Å². The van der Waals surface area contributed by atoms with Gasteiger partial charge in [0.15, 0.2) is 0 Å². The van der Waals surface area contributed by atoms with E-state index in [-0.39, 0.29) is 4.48 Å². The van der Waals surface area contributed by atoms with Gasteiger partial charge in [0.05, 0.1) is 6.61 Å². The highest BCUT2D eigenvalue weighted by molar-refractivity contribution is 9.12. The van der Waals surface area contributed by atoms with Crippen LogP contribution in [0.15, 0.2) is 10.0 Å². The molecule has 0 saturated heterocycles. The number of carbonyl (C=O) groups excluding carboxylic acids is 1. The van der Waals surface area contributed by atoms with E-state index in [9.17, 15) is 4.79 Å². The lowest BCUT2D eigenvalue weighted by Gasteiger charge is -1.96. The summed E-state index contributed by atoms with van der Waals surface area (Å²) in [6.45, 7) is 2.09. The zero-order valence-electron chi connectivity index (χ0n) is 4.86. The van der Waals surface area contributed by atoms with Crippen LogP contribution < -0.4 is 0 Å². The van der Waals surface area contributed by atoms with Gasteiger partial charge in [-0.1, -0.05) is 11.6 Å². The van der Waals surface area contributed by atoms with E-state index < -0.39 is 5.97 Å². The molecule has 9 heavy (non-hydrogen) atoms. The molecule has 0 aliphatic rings. The molecule has 0 rings (SSSR count). The summed E-state index contributed by atoms with van der Waals surface area (Å²) in [6, 6.07) is 0. The van der Waals surface area contributed by atoms with E-state index in [4.69, 9.17) is 11.6 Å². The molecule has 0 aliphatic heterocycles. The van der Waals surface area contributed by atoms with E-state index in [0.29, 0.717) is 6.61 Å². The van der Waals surface area contributed by atoms with E-state index in [1.807, 2.05) is 0 Å². The van der Waals surface area contributed by atoms with E-state index in [0.717, 1.165) is 5.54 Å².